The van der Waals surface area contributed by atoms with Crippen LogP contribution in [0.3, 0.4) is 0 Å². The largest absolute Gasteiger partial charge is 0.478 e. The van der Waals surface area contributed by atoms with Crippen LogP contribution in [0.5, 0.6) is 0 Å². The van der Waals surface area contributed by atoms with E-state index in [4.69, 9.17) is 28.3 Å². The molecule has 2 N–H and O–H groups in total. The highest BCUT2D eigenvalue weighted by Gasteiger charge is 2.17. The van der Waals surface area contributed by atoms with Crippen molar-refractivity contribution in [1.29, 1.82) is 0 Å². The van der Waals surface area contributed by atoms with E-state index < -0.39 is 12.1 Å². The first-order valence-electron chi connectivity index (χ1n) is 4.32. The number of carboxylic acid groups (broad SMARTS) is 1. The van der Waals surface area contributed by atoms with Crippen LogP contribution >= 0.6 is 23.2 Å². The molecule has 0 aliphatic carbocycles. The summed E-state index contributed by atoms with van der Waals surface area (Å²) in [6.07, 6.45) is 0.0903. The topological polar surface area (TPSA) is 70.4 Å². The van der Waals surface area contributed by atoms with Gasteiger partial charge in [-0.1, -0.05) is 29.8 Å². The first kappa shape index (κ1) is 13.0. The third-order valence-electron chi connectivity index (χ3n) is 1.89. The lowest BCUT2D eigenvalue weighted by molar-refractivity contribution is -0.133. The van der Waals surface area contributed by atoms with Gasteiger partial charge in [0.05, 0.1) is 15.7 Å². The average Bonchev–Trinajstić information content (AvgIpc) is 2.16. The number of aliphatic hydroxyl groups excluding tert-OH is 1. The van der Waals surface area contributed by atoms with Gasteiger partial charge in [-0.2, -0.15) is 0 Å². The van der Waals surface area contributed by atoms with Crippen molar-refractivity contribution in [2.75, 3.05) is 0 Å². The fourth-order valence-corrected chi connectivity index (χ4v) is 1.59. The zero-order valence-corrected chi connectivity index (χ0v) is 9.66. The second-order valence-electron chi connectivity index (χ2n) is 3.15. The highest BCUT2D eigenvalue weighted by atomic mass is 35.5. The van der Waals surface area contributed by atoms with E-state index in [1.165, 1.54) is 12.3 Å². The van der Waals surface area contributed by atoms with Gasteiger partial charge in [0.25, 0.3) is 0 Å². The Balaban J connectivity index is 2.84. The van der Waals surface area contributed by atoms with E-state index in [1.54, 1.807) is 0 Å². The number of halogens is 2. The third kappa shape index (κ3) is 3.20. The van der Waals surface area contributed by atoms with E-state index in [2.05, 4.69) is 11.6 Å². The van der Waals surface area contributed by atoms with Gasteiger partial charge in [-0.15, -0.1) is 0 Å². The molecule has 16 heavy (non-hydrogen) atoms. The maximum Gasteiger partial charge on any atom is 0.331 e. The zero-order valence-electron chi connectivity index (χ0n) is 8.15. The van der Waals surface area contributed by atoms with Gasteiger partial charge in [0.1, 0.15) is 6.10 Å². The number of aliphatic carboxylic acids is 1. The highest BCUT2D eigenvalue weighted by Crippen LogP contribution is 2.27. The summed E-state index contributed by atoms with van der Waals surface area (Å²) in [5.74, 6) is -1.16. The van der Waals surface area contributed by atoms with E-state index in [-0.39, 0.29) is 22.7 Å². The molecule has 0 saturated carbocycles. The molecule has 1 rings (SSSR count). The van der Waals surface area contributed by atoms with Gasteiger partial charge < -0.3 is 10.2 Å². The fourth-order valence-electron chi connectivity index (χ4n) is 1.09. The van der Waals surface area contributed by atoms with Crippen LogP contribution in [-0.2, 0) is 4.79 Å². The Morgan fingerprint density at radius 1 is 1.56 bits per heavy atom. The third-order valence-corrected chi connectivity index (χ3v) is 2.40. The van der Waals surface area contributed by atoms with Crippen molar-refractivity contribution in [3.8, 4) is 0 Å². The number of nitrogens with zero attached hydrogens (tertiary/aromatic N) is 1. The van der Waals surface area contributed by atoms with Crippen molar-refractivity contribution in [3.05, 3.63) is 40.2 Å². The van der Waals surface area contributed by atoms with Crippen molar-refractivity contribution >= 4 is 29.2 Å². The molecule has 0 bridgehead atoms. The zero-order chi connectivity index (χ0) is 12.3. The van der Waals surface area contributed by atoms with Crippen molar-refractivity contribution < 1.29 is 15.0 Å². The Hall–Kier alpha value is -1.10. The lowest BCUT2D eigenvalue weighted by atomic mass is 10.1. The maximum atomic E-state index is 10.5. The van der Waals surface area contributed by atoms with Crippen LogP contribution in [0.1, 0.15) is 18.2 Å². The molecule has 0 saturated heterocycles. The maximum absolute atomic E-state index is 10.5. The second-order valence-corrected chi connectivity index (χ2v) is 3.99. The van der Waals surface area contributed by atoms with Gasteiger partial charge in [-0.05, 0) is 6.07 Å². The van der Waals surface area contributed by atoms with Crippen molar-refractivity contribution in [2.24, 2.45) is 0 Å². The molecule has 1 atom stereocenters. The molecule has 1 unspecified atom stereocenters. The van der Waals surface area contributed by atoms with Crippen LogP contribution in [0.25, 0.3) is 0 Å². The number of pyridine rings is 1. The van der Waals surface area contributed by atoms with Crippen LogP contribution in [0, 0.1) is 0 Å². The summed E-state index contributed by atoms with van der Waals surface area (Å²) in [6, 6.07) is 1.43. The van der Waals surface area contributed by atoms with E-state index in [0.717, 1.165) is 0 Å². The van der Waals surface area contributed by atoms with Gasteiger partial charge in [0, 0.05) is 18.2 Å². The molecule has 1 heterocycles. The van der Waals surface area contributed by atoms with Crippen LogP contribution in [0.4, 0.5) is 0 Å². The first-order chi connectivity index (χ1) is 7.41. The van der Waals surface area contributed by atoms with Crippen molar-refractivity contribution in [3.63, 3.8) is 0 Å². The molecular formula is C10H9Cl2NO3. The van der Waals surface area contributed by atoms with Gasteiger partial charge in [-0.25, -0.2) is 4.79 Å². The molecule has 86 valence electrons. The number of aliphatic hydroxyl groups is 1. The van der Waals surface area contributed by atoms with Gasteiger partial charge >= 0.3 is 5.97 Å². The van der Waals surface area contributed by atoms with E-state index in [0.29, 0.717) is 5.02 Å². The normalized spacial score (nSPS) is 12.2. The Morgan fingerprint density at radius 2 is 2.19 bits per heavy atom. The SMILES string of the molecule is C=C(CC(O)c1ncc(Cl)cc1Cl)C(=O)O. The minimum absolute atomic E-state index is 0.111. The fraction of sp³-hybridized carbons (Fsp3) is 0.200. The first-order valence-corrected chi connectivity index (χ1v) is 5.07. The van der Waals surface area contributed by atoms with Crippen molar-refractivity contribution in [1.82, 2.24) is 4.98 Å². The number of carboxylic acids is 1. The van der Waals surface area contributed by atoms with Crippen LogP contribution in [-0.4, -0.2) is 21.2 Å². The smallest absolute Gasteiger partial charge is 0.331 e. The molecule has 1 aromatic rings. The summed E-state index contributed by atoms with van der Waals surface area (Å²) >= 11 is 11.4. The molecule has 6 heteroatoms. The molecule has 0 aliphatic heterocycles. The van der Waals surface area contributed by atoms with E-state index in [9.17, 15) is 9.90 Å². The average molecular weight is 262 g/mol. The highest BCUT2D eigenvalue weighted by molar-refractivity contribution is 6.34. The Bertz CT molecular complexity index is 434. The molecule has 0 aromatic carbocycles. The minimum Gasteiger partial charge on any atom is -0.478 e. The van der Waals surface area contributed by atoms with E-state index >= 15 is 0 Å². The standard InChI is InChI=1S/C10H9Cl2NO3/c1-5(10(15)16)2-8(14)9-7(12)3-6(11)4-13-9/h3-4,8,14H,1-2H2,(H,15,16). The van der Waals surface area contributed by atoms with Gasteiger partial charge in [0.15, 0.2) is 0 Å². The Kier molecular flexibility index (Phi) is 4.29. The quantitative estimate of drug-likeness (QED) is 0.817. The van der Waals surface area contributed by atoms with Gasteiger partial charge in [0.2, 0.25) is 0 Å². The number of aromatic nitrogens is 1. The summed E-state index contributed by atoms with van der Waals surface area (Å²) in [7, 11) is 0. The van der Waals surface area contributed by atoms with Crippen LogP contribution in [0.2, 0.25) is 10.0 Å². The second kappa shape index (κ2) is 5.30. The monoisotopic (exact) mass is 261 g/mol. The molecule has 0 spiro atoms. The number of carbonyl (C=O) groups is 1. The number of hydrogen-bond donors (Lipinski definition) is 2. The van der Waals surface area contributed by atoms with E-state index in [1.807, 2.05) is 0 Å². The Morgan fingerprint density at radius 3 is 2.69 bits per heavy atom. The number of hydrogen-bond acceptors (Lipinski definition) is 3. The van der Waals surface area contributed by atoms with Crippen LogP contribution < -0.4 is 0 Å². The van der Waals surface area contributed by atoms with Crippen LogP contribution in [0.15, 0.2) is 24.4 Å². The minimum atomic E-state index is -1.16. The summed E-state index contributed by atoms with van der Waals surface area (Å²) < 4.78 is 0. The molecule has 0 radical (unpaired) electrons. The molecule has 0 aliphatic rings. The lowest BCUT2D eigenvalue weighted by Crippen LogP contribution is -2.07. The summed E-state index contributed by atoms with van der Waals surface area (Å²) in [4.78, 5) is 14.4. The molecule has 0 fully saturated rings. The predicted molar refractivity (Wildman–Crippen MR) is 60.6 cm³/mol. The van der Waals surface area contributed by atoms with Gasteiger partial charge in [-0.3, -0.25) is 4.98 Å². The summed E-state index contributed by atoms with van der Waals surface area (Å²) in [6.45, 7) is 3.31. The van der Waals surface area contributed by atoms with Crippen molar-refractivity contribution in [2.45, 2.75) is 12.5 Å². The molecule has 0 amide bonds. The summed E-state index contributed by atoms with van der Waals surface area (Å²) in [5.41, 5.74) is 0.0776. The number of rotatable bonds is 4. The molecular weight excluding hydrogens is 253 g/mol. The predicted octanol–water partition coefficient (Wildman–Crippen LogP) is 2.45. The molecule has 4 nitrogen and oxygen atoms in total. The lowest BCUT2D eigenvalue weighted by Gasteiger charge is -2.11. The Labute approximate surface area is 102 Å². The molecule has 1 aromatic heterocycles. The summed E-state index contributed by atoms with van der Waals surface area (Å²) in [5, 5.41) is 18.8.